The van der Waals surface area contributed by atoms with Crippen LogP contribution in [0.25, 0.3) is 0 Å². The molecule has 2 N–H and O–H groups in total. The third-order valence-corrected chi connectivity index (χ3v) is 2.25. The summed E-state index contributed by atoms with van der Waals surface area (Å²) in [4.78, 5) is 0. The lowest BCUT2D eigenvalue weighted by Gasteiger charge is -2.22. The Balaban J connectivity index is 2.57. The number of hydrogen-bond acceptors (Lipinski definition) is 4. The molecule has 0 saturated carbocycles. The van der Waals surface area contributed by atoms with Crippen LogP contribution in [0.15, 0.2) is 6.07 Å². The lowest BCUT2D eigenvalue weighted by molar-refractivity contribution is 0.169. The van der Waals surface area contributed by atoms with Crippen LogP contribution in [-0.2, 0) is 0 Å². The zero-order valence-corrected chi connectivity index (χ0v) is 8.29. The highest BCUT2D eigenvalue weighted by Crippen LogP contribution is 2.42. The van der Waals surface area contributed by atoms with E-state index >= 15 is 0 Å². The van der Waals surface area contributed by atoms with Gasteiger partial charge in [-0.25, -0.2) is 0 Å². The van der Waals surface area contributed by atoms with Crippen molar-refractivity contribution in [1.82, 2.24) is 0 Å². The first-order valence-electron chi connectivity index (χ1n) is 4.46. The fourth-order valence-corrected chi connectivity index (χ4v) is 1.63. The molecule has 0 saturated heterocycles. The van der Waals surface area contributed by atoms with Gasteiger partial charge in [-0.15, -0.1) is 0 Å². The Labute approximate surface area is 82.6 Å². The highest BCUT2D eigenvalue weighted by molar-refractivity contribution is 5.67. The van der Waals surface area contributed by atoms with Crippen molar-refractivity contribution in [3.63, 3.8) is 0 Å². The Bertz CT molecular complexity index is 363. The molecule has 2 rings (SSSR count). The molecule has 0 radical (unpaired) electrons. The van der Waals surface area contributed by atoms with Crippen LogP contribution in [0.1, 0.15) is 5.56 Å². The van der Waals surface area contributed by atoms with Crippen molar-refractivity contribution in [3.05, 3.63) is 11.6 Å². The standard InChI is InChI=1S/C10H13NO3/c1-6-9(12-2)7(11)5-8-10(6)14-4-3-13-8/h5H,3-4,11H2,1-2H3. The number of anilines is 1. The van der Waals surface area contributed by atoms with Crippen LogP contribution in [0, 0.1) is 6.92 Å². The zero-order valence-electron chi connectivity index (χ0n) is 8.29. The first-order chi connectivity index (χ1) is 6.74. The highest BCUT2D eigenvalue weighted by atomic mass is 16.6. The molecule has 14 heavy (non-hydrogen) atoms. The Morgan fingerprint density at radius 3 is 2.79 bits per heavy atom. The van der Waals surface area contributed by atoms with Gasteiger partial charge in [-0.2, -0.15) is 0 Å². The van der Waals surface area contributed by atoms with Crippen molar-refractivity contribution in [2.45, 2.75) is 6.92 Å². The number of rotatable bonds is 1. The van der Waals surface area contributed by atoms with Crippen LogP contribution in [0.5, 0.6) is 17.2 Å². The van der Waals surface area contributed by atoms with Gasteiger partial charge in [-0.05, 0) is 6.92 Å². The van der Waals surface area contributed by atoms with Gasteiger partial charge >= 0.3 is 0 Å². The zero-order chi connectivity index (χ0) is 10.1. The summed E-state index contributed by atoms with van der Waals surface area (Å²) >= 11 is 0. The average Bonchev–Trinajstić information content (AvgIpc) is 2.18. The van der Waals surface area contributed by atoms with E-state index in [9.17, 15) is 0 Å². The first-order valence-corrected chi connectivity index (χ1v) is 4.46. The molecule has 0 aliphatic carbocycles. The van der Waals surface area contributed by atoms with Gasteiger partial charge in [0, 0.05) is 11.6 Å². The molecule has 4 heteroatoms. The molecule has 1 aliphatic heterocycles. The number of nitrogen functional groups attached to an aromatic ring is 1. The Hall–Kier alpha value is -1.58. The van der Waals surface area contributed by atoms with Crippen LogP contribution in [0.4, 0.5) is 5.69 Å². The predicted octanol–water partition coefficient (Wildman–Crippen LogP) is 1.36. The number of benzene rings is 1. The third kappa shape index (κ3) is 1.23. The van der Waals surface area contributed by atoms with E-state index in [0.29, 0.717) is 30.4 Å². The molecule has 1 heterocycles. The summed E-state index contributed by atoms with van der Waals surface area (Å²) in [6, 6.07) is 1.74. The van der Waals surface area contributed by atoms with Crippen LogP contribution in [0.3, 0.4) is 0 Å². The predicted molar refractivity (Wildman–Crippen MR) is 53.1 cm³/mol. The minimum atomic E-state index is 0.568. The number of ether oxygens (including phenoxy) is 3. The maximum Gasteiger partial charge on any atom is 0.168 e. The monoisotopic (exact) mass is 195 g/mol. The number of fused-ring (bicyclic) bond motifs is 1. The second kappa shape index (κ2) is 3.29. The first kappa shape index (κ1) is 8.99. The maximum absolute atomic E-state index is 5.80. The maximum atomic E-state index is 5.80. The Kier molecular flexibility index (Phi) is 2.11. The van der Waals surface area contributed by atoms with E-state index in [4.69, 9.17) is 19.9 Å². The van der Waals surface area contributed by atoms with E-state index in [-0.39, 0.29) is 0 Å². The van der Waals surface area contributed by atoms with Crippen molar-refractivity contribution >= 4 is 5.69 Å². The van der Waals surface area contributed by atoms with E-state index in [1.807, 2.05) is 6.92 Å². The minimum Gasteiger partial charge on any atom is -0.494 e. The van der Waals surface area contributed by atoms with Gasteiger partial charge in [-0.3, -0.25) is 0 Å². The summed E-state index contributed by atoms with van der Waals surface area (Å²) in [6.45, 7) is 3.04. The molecule has 0 unspecified atom stereocenters. The molecule has 1 aliphatic rings. The number of nitrogens with two attached hydrogens (primary N) is 1. The third-order valence-electron chi connectivity index (χ3n) is 2.25. The molecule has 1 aromatic carbocycles. The molecule has 0 aromatic heterocycles. The van der Waals surface area contributed by atoms with Gasteiger partial charge < -0.3 is 19.9 Å². The summed E-state index contributed by atoms with van der Waals surface area (Å²) in [6.07, 6.45) is 0. The van der Waals surface area contributed by atoms with E-state index in [2.05, 4.69) is 0 Å². The minimum absolute atomic E-state index is 0.568. The van der Waals surface area contributed by atoms with Crippen molar-refractivity contribution in [3.8, 4) is 17.2 Å². The molecule has 1 aromatic rings. The fraction of sp³-hybridized carbons (Fsp3) is 0.400. The topological polar surface area (TPSA) is 53.7 Å². The molecular formula is C10H13NO3. The quantitative estimate of drug-likeness (QED) is 0.687. The molecule has 0 bridgehead atoms. The normalized spacial score (nSPS) is 13.9. The van der Waals surface area contributed by atoms with Gasteiger partial charge in [0.05, 0.1) is 12.8 Å². The van der Waals surface area contributed by atoms with Crippen LogP contribution >= 0.6 is 0 Å². The summed E-state index contributed by atoms with van der Waals surface area (Å²) in [5.74, 6) is 2.10. The Morgan fingerprint density at radius 1 is 1.36 bits per heavy atom. The lowest BCUT2D eigenvalue weighted by atomic mass is 10.1. The molecule has 0 amide bonds. The van der Waals surface area contributed by atoms with E-state index < -0.39 is 0 Å². The average molecular weight is 195 g/mol. The van der Waals surface area contributed by atoms with Crippen LogP contribution < -0.4 is 19.9 Å². The molecular weight excluding hydrogens is 182 g/mol. The lowest BCUT2D eigenvalue weighted by Crippen LogP contribution is -2.16. The second-order valence-corrected chi connectivity index (χ2v) is 3.15. The summed E-state index contributed by atoms with van der Waals surface area (Å²) < 4.78 is 16.1. The van der Waals surface area contributed by atoms with E-state index in [1.165, 1.54) is 0 Å². The molecule has 4 nitrogen and oxygen atoms in total. The van der Waals surface area contributed by atoms with Gasteiger partial charge in [0.2, 0.25) is 0 Å². The van der Waals surface area contributed by atoms with Gasteiger partial charge in [0.1, 0.15) is 19.0 Å². The Morgan fingerprint density at radius 2 is 2.07 bits per heavy atom. The second-order valence-electron chi connectivity index (χ2n) is 3.15. The van der Waals surface area contributed by atoms with Gasteiger partial charge in [-0.1, -0.05) is 0 Å². The molecule has 0 atom stereocenters. The molecule has 0 spiro atoms. The van der Waals surface area contributed by atoms with Crippen molar-refractivity contribution in [2.75, 3.05) is 26.1 Å². The SMILES string of the molecule is COc1c(N)cc2c(c1C)OCCO2. The van der Waals surface area contributed by atoms with Crippen molar-refractivity contribution < 1.29 is 14.2 Å². The number of methoxy groups -OCH3 is 1. The highest BCUT2D eigenvalue weighted by Gasteiger charge is 2.19. The molecule has 0 fully saturated rings. The van der Waals surface area contributed by atoms with Gasteiger partial charge in [0.25, 0.3) is 0 Å². The van der Waals surface area contributed by atoms with E-state index in [1.54, 1.807) is 13.2 Å². The summed E-state index contributed by atoms with van der Waals surface area (Å²) in [7, 11) is 1.59. The fourth-order valence-electron chi connectivity index (χ4n) is 1.63. The van der Waals surface area contributed by atoms with Crippen LogP contribution in [0.2, 0.25) is 0 Å². The van der Waals surface area contributed by atoms with E-state index in [0.717, 1.165) is 11.3 Å². The summed E-state index contributed by atoms with van der Waals surface area (Å²) in [5.41, 5.74) is 7.26. The molecule has 76 valence electrons. The van der Waals surface area contributed by atoms with Crippen LogP contribution in [-0.4, -0.2) is 20.3 Å². The van der Waals surface area contributed by atoms with Crippen molar-refractivity contribution in [2.24, 2.45) is 0 Å². The summed E-state index contributed by atoms with van der Waals surface area (Å²) in [5, 5.41) is 0. The largest absolute Gasteiger partial charge is 0.494 e. The smallest absolute Gasteiger partial charge is 0.168 e. The van der Waals surface area contributed by atoms with Gasteiger partial charge in [0.15, 0.2) is 11.5 Å². The van der Waals surface area contributed by atoms with Crippen molar-refractivity contribution in [1.29, 1.82) is 0 Å². The number of hydrogen-bond donors (Lipinski definition) is 1.